The molecule has 112 valence electrons. The van der Waals surface area contributed by atoms with E-state index in [1.54, 1.807) is 12.1 Å². The lowest BCUT2D eigenvalue weighted by atomic mass is 9.98. The first kappa shape index (κ1) is 15.7. The van der Waals surface area contributed by atoms with Gasteiger partial charge in [-0.15, -0.1) is 0 Å². The van der Waals surface area contributed by atoms with E-state index in [9.17, 15) is 4.39 Å². The molecule has 2 rings (SSSR count). The number of nitrogens with zero attached hydrogens (tertiary/aromatic N) is 2. The molecule has 3 nitrogen and oxygen atoms in total. The van der Waals surface area contributed by atoms with Crippen LogP contribution in [0.1, 0.15) is 24.4 Å². The molecule has 0 bridgehead atoms. The van der Waals surface area contributed by atoms with Gasteiger partial charge in [0, 0.05) is 29.2 Å². The standard InChI is InChI=1S/C15H23ClFN3/c1-19-7-5-12(6-8-19)20(2)15(10-18)13-4-3-11(16)9-14(13)17/h3-4,9,12,15H,5-8,10,18H2,1-2H3. The van der Waals surface area contributed by atoms with Crippen molar-refractivity contribution in [1.82, 2.24) is 9.80 Å². The zero-order valence-corrected chi connectivity index (χ0v) is 12.9. The monoisotopic (exact) mass is 299 g/mol. The van der Waals surface area contributed by atoms with Crippen LogP contribution in [0.4, 0.5) is 4.39 Å². The maximum atomic E-state index is 14.1. The molecule has 20 heavy (non-hydrogen) atoms. The van der Waals surface area contributed by atoms with Crippen molar-refractivity contribution < 1.29 is 4.39 Å². The van der Waals surface area contributed by atoms with Crippen molar-refractivity contribution in [3.63, 3.8) is 0 Å². The molecule has 0 aliphatic carbocycles. The number of benzene rings is 1. The summed E-state index contributed by atoms with van der Waals surface area (Å²) in [5.74, 6) is -0.271. The number of rotatable bonds is 4. The molecule has 1 atom stereocenters. The van der Waals surface area contributed by atoms with Crippen LogP contribution in [-0.2, 0) is 0 Å². The summed E-state index contributed by atoms with van der Waals surface area (Å²) >= 11 is 5.82. The Bertz CT molecular complexity index is 447. The Kier molecular flexibility index (Phi) is 5.38. The summed E-state index contributed by atoms with van der Waals surface area (Å²) in [5.41, 5.74) is 6.53. The normalized spacial score (nSPS) is 19.5. The maximum absolute atomic E-state index is 14.1. The van der Waals surface area contributed by atoms with Gasteiger partial charge in [-0.05, 0) is 52.2 Å². The zero-order valence-electron chi connectivity index (χ0n) is 12.1. The van der Waals surface area contributed by atoms with Gasteiger partial charge in [0.15, 0.2) is 0 Å². The third kappa shape index (κ3) is 3.50. The molecule has 0 amide bonds. The average Bonchev–Trinajstić information content (AvgIpc) is 2.42. The van der Waals surface area contributed by atoms with Crippen LogP contribution >= 0.6 is 11.6 Å². The molecule has 1 saturated heterocycles. The summed E-state index contributed by atoms with van der Waals surface area (Å²) in [6.07, 6.45) is 2.19. The minimum atomic E-state index is -0.271. The van der Waals surface area contributed by atoms with Gasteiger partial charge < -0.3 is 10.6 Å². The summed E-state index contributed by atoms with van der Waals surface area (Å²) in [4.78, 5) is 4.55. The fourth-order valence-electron chi connectivity index (χ4n) is 2.94. The predicted molar refractivity (Wildman–Crippen MR) is 81.5 cm³/mol. The van der Waals surface area contributed by atoms with Crippen molar-refractivity contribution in [3.8, 4) is 0 Å². The molecule has 5 heteroatoms. The number of piperidine rings is 1. The number of nitrogens with two attached hydrogens (primary N) is 1. The Morgan fingerprint density at radius 1 is 1.45 bits per heavy atom. The fourth-order valence-corrected chi connectivity index (χ4v) is 3.10. The third-order valence-corrected chi connectivity index (χ3v) is 4.54. The molecule has 2 N–H and O–H groups in total. The van der Waals surface area contributed by atoms with Gasteiger partial charge in [-0.2, -0.15) is 0 Å². The van der Waals surface area contributed by atoms with E-state index in [2.05, 4.69) is 16.8 Å². The molecule has 0 aromatic heterocycles. The van der Waals surface area contributed by atoms with Crippen LogP contribution in [0.25, 0.3) is 0 Å². The van der Waals surface area contributed by atoms with Crippen molar-refractivity contribution in [3.05, 3.63) is 34.6 Å². The summed E-state index contributed by atoms with van der Waals surface area (Å²) in [6.45, 7) is 2.56. The van der Waals surface area contributed by atoms with E-state index in [-0.39, 0.29) is 11.9 Å². The van der Waals surface area contributed by atoms with Crippen molar-refractivity contribution in [2.24, 2.45) is 5.73 Å². The molecule has 1 unspecified atom stereocenters. The second kappa shape index (κ2) is 6.85. The smallest absolute Gasteiger partial charge is 0.129 e. The first-order valence-corrected chi connectivity index (χ1v) is 7.46. The Morgan fingerprint density at radius 3 is 2.65 bits per heavy atom. The molecule has 0 spiro atoms. The molecule has 1 aliphatic heterocycles. The number of hydrogen-bond donors (Lipinski definition) is 1. The van der Waals surface area contributed by atoms with Gasteiger partial charge >= 0.3 is 0 Å². The second-order valence-electron chi connectivity index (χ2n) is 5.62. The molecule has 0 saturated carbocycles. The topological polar surface area (TPSA) is 32.5 Å². The number of halogens is 2. The van der Waals surface area contributed by atoms with Crippen molar-refractivity contribution in [1.29, 1.82) is 0 Å². The maximum Gasteiger partial charge on any atom is 0.129 e. The second-order valence-corrected chi connectivity index (χ2v) is 6.05. The predicted octanol–water partition coefficient (Wildman–Crippen LogP) is 2.50. The van der Waals surface area contributed by atoms with Gasteiger partial charge in [0.1, 0.15) is 5.82 Å². The molecule has 1 aliphatic rings. The number of likely N-dealkylation sites (tertiary alicyclic amines) is 1. The summed E-state index contributed by atoms with van der Waals surface area (Å²) in [6, 6.07) is 5.20. The number of hydrogen-bond acceptors (Lipinski definition) is 3. The van der Waals surface area contributed by atoms with E-state index in [1.807, 2.05) is 7.05 Å². The van der Waals surface area contributed by atoms with E-state index in [1.165, 1.54) is 6.07 Å². The first-order valence-electron chi connectivity index (χ1n) is 7.08. The van der Waals surface area contributed by atoms with Gasteiger partial charge in [-0.3, -0.25) is 4.90 Å². The molecule has 1 aromatic rings. The SMILES string of the molecule is CN1CCC(N(C)C(CN)c2ccc(Cl)cc2F)CC1. The van der Waals surface area contributed by atoms with E-state index in [0.29, 0.717) is 23.2 Å². The van der Waals surface area contributed by atoms with Gasteiger partial charge in [0.05, 0.1) is 0 Å². The molecule has 1 fully saturated rings. The molecule has 1 aromatic carbocycles. The van der Waals surface area contributed by atoms with Crippen LogP contribution < -0.4 is 5.73 Å². The van der Waals surface area contributed by atoms with Crippen LogP contribution in [0.5, 0.6) is 0 Å². The zero-order chi connectivity index (χ0) is 14.7. The Balaban J connectivity index is 2.14. The number of likely N-dealkylation sites (N-methyl/N-ethyl adjacent to an activating group) is 1. The highest BCUT2D eigenvalue weighted by molar-refractivity contribution is 6.30. The Hall–Kier alpha value is -0.680. The largest absolute Gasteiger partial charge is 0.329 e. The highest BCUT2D eigenvalue weighted by atomic mass is 35.5. The van der Waals surface area contributed by atoms with Gasteiger partial charge in [-0.25, -0.2) is 4.39 Å². The van der Waals surface area contributed by atoms with E-state index in [4.69, 9.17) is 17.3 Å². The highest BCUT2D eigenvalue weighted by Crippen LogP contribution is 2.28. The average molecular weight is 300 g/mol. The first-order chi connectivity index (χ1) is 9.52. The minimum absolute atomic E-state index is 0.0966. The minimum Gasteiger partial charge on any atom is -0.329 e. The Labute approximate surface area is 125 Å². The van der Waals surface area contributed by atoms with E-state index in [0.717, 1.165) is 25.9 Å². The molecule has 1 heterocycles. The van der Waals surface area contributed by atoms with Gasteiger partial charge in [0.25, 0.3) is 0 Å². The van der Waals surface area contributed by atoms with Crippen LogP contribution in [0.15, 0.2) is 18.2 Å². The lowest BCUT2D eigenvalue weighted by Gasteiger charge is -2.39. The quantitative estimate of drug-likeness (QED) is 0.927. The lowest BCUT2D eigenvalue weighted by molar-refractivity contribution is 0.108. The van der Waals surface area contributed by atoms with E-state index < -0.39 is 0 Å². The molecule has 0 radical (unpaired) electrons. The van der Waals surface area contributed by atoms with Crippen LogP contribution in [0.2, 0.25) is 5.02 Å². The molecular formula is C15H23ClFN3. The highest BCUT2D eigenvalue weighted by Gasteiger charge is 2.27. The van der Waals surface area contributed by atoms with Gasteiger partial charge in [0.2, 0.25) is 0 Å². The van der Waals surface area contributed by atoms with Crippen LogP contribution in [0.3, 0.4) is 0 Å². The summed E-state index contributed by atoms with van der Waals surface area (Å²) in [5, 5.41) is 0.420. The van der Waals surface area contributed by atoms with Crippen molar-refractivity contribution in [2.75, 3.05) is 33.7 Å². The van der Waals surface area contributed by atoms with Gasteiger partial charge in [-0.1, -0.05) is 17.7 Å². The summed E-state index contributed by atoms with van der Waals surface area (Å²) < 4.78 is 14.1. The Morgan fingerprint density at radius 2 is 2.10 bits per heavy atom. The lowest BCUT2D eigenvalue weighted by Crippen LogP contribution is -2.45. The van der Waals surface area contributed by atoms with Crippen molar-refractivity contribution >= 4 is 11.6 Å². The summed E-state index contributed by atoms with van der Waals surface area (Å²) in [7, 11) is 4.18. The third-order valence-electron chi connectivity index (χ3n) is 4.30. The molecular weight excluding hydrogens is 277 g/mol. The fraction of sp³-hybridized carbons (Fsp3) is 0.600. The van der Waals surface area contributed by atoms with E-state index >= 15 is 0 Å². The van der Waals surface area contributed by atoms with Crippen molar-refractivity contribution in [2.45, 2.75) is 24.9 Å². The van der Waals surface area contributed by atoms with Crippen LogP contribution in [0, 0.1) is 5.82 Å². The van der Waals surface area contributed by atoms with Crippen LogP contribution in [-0.4, -0.2) is 49.6 Å².